The van der Waals surface area contributed by atoms with Crippen molar-refractivity contribution in [3.63, 3.8) is 0 Å². The fourth-order valence-corrected chi connectivity index (χ4v) is 3.77. The summed E-state index contributed by atoms with van der Waals surface area (Å²) in [7, 11) is 0. The van der Waals surface area contributed by atoms with Crippen molar-refractivity contribution < 1.29 is 32.2 Å². The second kappa shape index (κ2) is 9.44. The van der Waals surface area contributed by atoms with Crippen LogP contribution in [0.2, 0.25) is 0 Å². The Morgan fingerprint density at radius 3 is 2.58 bits per heavy atom. The van der Waals surface area contributed by atoms with E-state index in [1.807, 2.05) is 0 Å². The number of hydrogen-bond acceptors (Lipinski definition) is 6. The van der Waals surface area contributed by atoms with Gasteiger partial charge in [0.2, 0.25) is 5.88 Å². The predicted octanol–water partition coefficient (Wildman–Crippen LogP) is 3.49. The molecule has 12 heteroatoms. The number of nitrogens with two attached hydrogens (primary N) is 1. The van der Waals surface area contributed by atoms with Crippen LogP contribution >= 0.6 is 12.4 Å². The Bertz CT molecular complexity index is 1040. The maximum Gasteiger partial charge on any atom is 0.433 e. The van der Waals surface area contributed by atoms with Crippen LogP contribution in [0.5, 0.6) is 11.6 Å². The highest BCUT2D eigenvalue weighted by Gasteiger charge is 2.43. The number of rotatable bonds is 4. The highest BCUT2D eigenvalue weighted by molar-refractivity contribution is 5.94. The summed E-state index contributed by atoms with van der Waals surface area (Å²) in [5, 5.41) is 2.64. The molecule has 0 aliphatic carbocycles. The summed E-state index contributed by atoms with van der Waals surface area (Å²) < 4.78 is 50.1. The predicted molar refractivity (Wildman–Crippen MR) is 113 cm³/mol. The molecular formula is C21H22ClF3N4O4. The normalized spacial score (nSPS) is 17.2. The number of nitrogens with zero attached hydrogens (tertiary/aromatic N) is 2. The van der Waals surface area contributed by atoms with Gasteiger partial charge >= 0.3 is 12.3 Å². The van der Waals surface area contributed by atoms with Crippen LogP contribution in [0.1, 0.15) is 34.5 Å². The molecule has 2 saturated heterocycles. The summed E-state index contributed by atoms with van der Waals surface area (Å²) >= 11 is 0. The topological polar surface area (TPSA) is 107 Å². The molecule has 33 heavy (non-hydrogen) atoms. The molecule has 0 bridgehead atoms. The van der Waals surface area contributed by atoms with Gasteiger partial charge in [0.1, 0.15) is 17.0 Å². The zero-order valence-electron chi connectivity index (χ0n) is 17.4. The molecule has 2 aliphatic rings. The van der Waals surface area contributed by atoms with Crippen molar-refractivity contribution in [2.45, 2.75) is 31.2 Å². The summed E-state index contributed by atoms with van der Waals surface area (Å²) in [6.07, 6.45) is -4.06. The first-order chi connectivity index (χ1) is 15.2. The van der Waals surface area contributed by atoms with Gasteiger partial charge in [-0.15, -0.1) is 12.4 Å². The summed E-state index contributed by atoms with van der Waals surface area (Å²) in [4.78, 5) is 29.4. The van der Waals surface area contributed by atoms with Gasteiger partial charge in [0.25, 0.3) is 5.91 Å². The van der Waals surface area contributed by atoms with Crippen molar-refractivity contribution in [3.8, 4) is 11.6 Å². The number of carbonyl (C=O) groups is 2. The number of piperidine rings is 1. The monoisotopic (exact) mass is 486 g/mol. The van der Waals surface area contributed by atoms with Gasteiger partial charge in [-0.2, -0.15) is 13.2 Å². The Balaban J connectivity index is 0.00000306. The van der Waals surface area contributed by atoms with Crippen LogP contribution in [0.3, 0.4) is 0 Å². The van der Waals surface area contributed by atoms with Crippen LogP contribution in [0.15, 0.2) is 36.4 Å². The van der Waals surface area contributed by atoms with Crippen LogP contribution in [-0.2, 0) is 17.5 Å². The van der Waals surface area contributed by atoms with E-state index >= 15 is 0 Å². The lowest BCUT2D eigenvalue weighted by Crippen LogP contribution is -2.48. The number of halogens is 4. The van der Waals surface area contributed by atoms with Crippen LogP contribution in [0, 0.1) is 0 Å². The van der Waals surface area contributed by atoms with Gasteiger partial charge in [0.05, 0.1) is 6.54 Å². The minimum Gasteiger partial charge on any atom is -0.441 e. The van der Waals surface area contributed by atoms with Crippen molar-refractivity contribution in [1.82, 2.24) is 15.2 Å². The third-order valence-corrected chi connectivity index (χ3v) is 5.52. The maximum absolute atomic E-state index is 13.1. The average molecular weight is 487 g/mol. The molecule has 3 N–H and O–H groups in total. The molecule has 2 aromatic rings. The highest BCUT2D eigenvalue weighted by atomic mass is 35.5. The Kier molecular flexibility index (Phi) is 7.03. The number of carbonyl (C=O) groups excluding carboxylic acids is 2. The van der Waals surface area contributed by atoms with Gasteiger partial charge in [-0.1, -0.05) is 6.07 Å². The number of likely N-dealkylation sites (tertiary alicyclic amines) is 1. The van der Waals surface area contributed by atoms with Gasteiger partial charge in [-0.25, -0.2) is 9.78 Å². The number of benzene rings is 1. The van der Waals surface area contributed by atoms with Crippen molar-refractivity contribution in [2.24, 2.45) is 5.73 Å². The van der Waals surface area contributed by atoms with Crippen molar-refractivity contribution in [1.29, 1.82) is 0 Å². The number of aromatic nitrogens is 1. The number of amides is 2. The van der Waals surface area contributed by atoms with Crippen molar-refractivity contribution in [2.75, 3.05) is 19.6 Å². The van der Waals surface area contributed by atoms with E-state index in [9.17, 15) is 22.8 Å². The van der Waals surface area contributed by atoms with Crippen molar-refractivity contribution in [3.05, 3.63) is 53.2 Å². The van der Waals surface area contributed by atoms with Gasteiger partial charge in [0, 0.05) is 44.1 Å². The average Bonchev–Trinajstić information content (AvgIpc) is 3.13. The van der Waals surface area contributed by atoms with Gasteiger partial charge in [-0.3, -0.25) is 4.79 Å². The third-order valence-electron chi connectivity index (χ3n) is 5.52. The number of hydrogen-bond donors (Lipinski definition) is 2. The first-order valence-electron chi connectivity index (χ1n) is 10.00. The Hall–Kier alpha value is -3.05. The lowest BCUT2D eigenvalue weighted by atomic mass is 9.91. The first-order valence-corrected chi connectivity index (χ1v) is 10.00. The quantitative estimate of drug-likeness (QED) is 0.685. The zero-order chi connectivity index (χ0) is 22.9. The van der Waals surface area contributed by atoms with E-state index in [1.54, 1.807) is 17.0 Å². The summed E-state index contributed by atoms with van der Waals surface area (Å²) in [6, 6.07) is 8.34. The molecule has 178 valence electrons. The molecular weight excluding hydrogens is 465 g/mol. The molecule has 8 nitrogen and oxygen atoms in total. The summed E-state index contributed by atoms with van der Waals surface area (Å²) in [6.45, 7) is 1.13. The first kappa shape index (κ1) is 24.6. The minimum absolute atomic E-state index is 0. The Morgan fingerprint density at radius 2 is 1.97 bits per heavy atom. The van der Waals surface area contributed by atoms with Crippen LogP contribution in [0.25, 0.3) is 0 Å². The Morgan fingerprint density at radius 1 is 1.24 bits per heavy atom. The van der Waals surface area contributed by atoms with Crippen LogP contribution in [-0.4, -0.2) is 47.1 Å². The fraction of sp³-hybridized carbons (Fsp3) is 0.381. The summed E-state index contributed by atoms with van der Waals surface area (Å²) in [5.41, 5.74) is 4.36. The van der Waals surface area contributed by atoms with E-state index in [-0.39, 0.29) is 42.1 Å². The van der Waals surface area contributed by atoms with E-state index in [0.29, 0.717) is 38.0 Å². The standard InChI is InChI=1S/C21H21F3N4O4.ClH/c22-21(23,24)16-8-13(11-25)9-17(27-16)31-15-3-1-2-14(10-15)18(29)28-6-4-20(5-7-28)12-26-19(30)32-20;/h1-3,8-10H,4-7,11-12,25H2,(H,26,30);1H. The second-order valence-corrected chi connectivity index (χ2v) is 7.75. The lowest BCUT2D eigenvalue weighted by Gasteiger charge is -2.37. The van der Waals surface area contributed by atoms with E-state index in [4.69, 9.17) is 15.2 Å². The molecule has 0 unspecified atom stereocenters. The Labute approximate surface area is 193 Å². The van der Waals surface area contributed by atoms with Gasteiger partial charge < -0.3 is 25.4 Å². The molecule has 1 aromatic heterocycles. The molecule has 0 saturated carbocycles. The fourth-order valence-electron chi connectivity index (χ4n) is 3.77. The lowest BCUT2D eigenvalue weighted by molar-refractivity contribution is -0.141. The molecule has 0 atom stereocenters. The molecule has 1 aromatic carbocycles. The number of alkyl halides is 3. The number of ether oxygens (including phenoxy) is 2. The van der Waals surface area contributed by atoms with Gasteiger partial charge in [0.15, 0.2) is 0 Å². The number of nitrogens with one attached hydrogen (secondary N) is 1. The number of alkyl carbamates (subject to hydrolysis) is 1. The van der Waals surface area contributed by atoms with E-state index in [0.717, 1.165) is 6.07 Å². The molecule has 1 spiro atoms. The molecule has 2 amide bonds. The van der Waals surface area contributed by atoms with Gasteiger partial charge in [-0.05, 0) is 29.8 Å². The third kappa shape index (κ3) is 5.48. The highest BCUT2D eigenvalue weighted by Crippen LogP contribution is 2.32. The van der Waals surface area contributed by atoms with Crippen LogP contribution < -0.4 is 15.8 Å². The molecule has 0 radical (unpaired) electrons. The SMILES string of the molecule is Cl.NCc1cc(Oc2cccc(C(=O)N3CCC4(CC3)CNC(=O)O4)c2)nc(C(F)(F)F)c1. The largest absolute Gasteiger partial charge is 0.441 e. The molecule has 2 aliphatic heterocycles. The maximum atomic E-state index is 13.1. The van der Waals surface area contributed by atoms with Crippen molar-refractivity contribution >= 4 is 24.4 Å². The second-order valence-electron chi connectivity index (χ2n) is 7.75. The van der Waals surface area contributed by atoms with Crippen LogP contribution in [0.4, 0.5) is 18.0 Å². The number of pyridine rings is 1. The van der Waals surface area contributed by atoms with E-state index in [1.165, 1.54) is 18.2 Å². The van der Waals surface area contributed by atoms with E-state index < -0.39 is 23.6 Å². The van der Waals surface area contributed by atoms with E-state index in [2.05, 4.69) is 10.3 Å². The molecule has 4 rings (SSSR count). The molecule has 2 fully saturated rings. The summed E-state index contributed by atoms with van der Waals surface area (Å²) in [5.74, 6) is -0.337. The molecule has 3 heterocycles. The minimum atomic E-state index is -4.64. The smallest absolute Gasteiger partial charge is 0.433 e. The zero-order valence-corrected chi connectivity index (χ0v) is 18.2.